The van der Waals surface area contributed by atoms with Crippen molar-refractivity contribution in [3.63, 3.8) is 0 Å². The number of benzene rings is 2. The van der Waals surface area contributed by atoms with Crippen LogP contribution in [-0.4, -0.2) is 38.0 Å². The SMILES string of the molecule is CC(C)(C)c1ccc(SCC(=O)Nc2ccccc2N2CCOCC2)cc1. The van der Waals surface area contributed by atoms with Gasteiger partial charge in [-0.2, -0.15) is 0 Å². The van der Waals surface area contributed by atoms with Gasteiger partial charge in [0.25, 0.3) is 0 Å². The molecule has 1 saturated heterocycles. The Morgan fingerprint density at radius 1 is 1.07 bits per heavy atom. The normalized spacial score (nSPS) is 14.9. The predicted octanol–water partition coefficient (Wildman–Crippen LogP) is 4.55. The second-order valence-electron chi connectivity index (χ2n) is 7.73. The van der Waals surface area contributed by atoms with Gasteiger partial charge in [-0.15, -0.1) is 11.8 Å². The molecule has 144 valence electrons. The van der Waals surface area contributed by atoms with E-state index in [2.05, 4.69) is 61.3 Å². The van der Waals surface area contributed by atoms with E-state index in [1.54, 1.807) is 11.8 Å². The highest BCUT2D eigenvalue weighted by atomic mass is 32.2. The quantitative estimate of drug-likeness (QED) is 0.768. The Hall–Kier alpha value is -1.98. The van der Waals surface area contributed by atoms with Crippen LogP contribution in [0.2, 0.25) is 0 Å². The van der Waals surface area contributed by atoms with E-state index in [1.165, 1.54) is 5.56 Å². The molecule has 0 radical (unpaired) electrons. The zero-order valence-electron chi connectivity index (χ0n) is 16.3. The molecule has 1 aliphatic heterocycles. The maximum Gasteiger partial charge on any atom is 0.234 e. The van der Waals surface area contributed by atoms with Crippen LogP contribution in [0.4, 0.5) is 11.4 Å². The van der Waals surface area contributed by atoms with Gasteiger partial charge >= 0.3 is 0 Å². The van der Waals surface area contributed by atoms with Crippen molar-refractivity contribution in [2.24, 2.45) is 0 Å². The van der Waals surface area contributed by atoms with Crippen LogP contribution in [0, 0.1) is 0 Å². The first kappa shape index (κ1) is 19.8. The standard InChI is InChI=1S/C22H28N2O2S/c1-22(2,3)17-8-10-18(11-9-17)27-16-21(25)23-19-6-4-5-7-20(19)24-12-14-26-15-13-24/h4-11H,12-16H2,1-3H3,(H,23,25). The molecule has 0 bridgehead atoms. The molecule has 1 N–H and O–H groups in total. The lowest BCUT2D eigenvalue weighted by Gasteiger charge is -2.30. The Kier molecular flexibility index (Phi) is 6.45. The highest BCUT2D eigenvalue weighted by molar-refractivity contribution is 8.00. The van der Waals surface area contributed by atoms with Crippen LogP contribution in [0.25, 0.3) is 0 Å². The van der Waals surface area contributed by atoms with Gasteiger partial charge in [0, 0.05) is 18.0 Å². The van der Waals surface area contributed by atoms with Gasteiger partial charge in [-0.3, -0.25) is 4.79 Å². The van der Waals surface area contributed by atoms with Crippen molar-refractivity contribution in [3.8, 4) is 0 Å². The van der Waals surface area contributed by atoms with Crippen molar-refractivity contribution < 1.29 is 9.53 Å². The third-order valence-electron chi connectivity index (χ3n) is 4.62. The van der Waals surface area contributed by atoms with E-state index in [4.69, 9.17) is 4.74 Å². The minimum absolute atomic E-state index is 0.0145. The molecule has 0 spiro atoms. The molecule has 1 fully saturated rings. The molecule has 2 aromatic rings. The van der Waals surface area contributed by atoms with Gasteiger partial charge in [-0.1, -0.05) is 45.0 Å². The van der Waals surface area contributed by atoms with Crippen LogP contribution in [0.3, 0.4) is 0 Å². The summed E-state index contributed by atoms with van der Waals surface area (Å²) in [4.78, 5) is 15.8. The summed E-state index contributed by atoms with van der Waals surface area (Å²) in [5.41, 5.74) is 3.38. The summed E-state index contributed by atoms with van der Waals surface area (Å²) in [5, 5.41) is 3.07. The topological polar surface area (TPSA) is 41.6 Å². The Balaban J connectivity index is 1.58. The molecule has 0 aliphatic carbocycles. The molecule has 2 aromatic carbocycles. The third kappa shape index (κ3) is 5.50. The lowest BCUT2D eigenvalue weighted by molar-refractivity contribution is -0.113. The summed E-state index contributed by atoms with van der Waals surface area (Å²) in [6.45, 7) is 9.76. The van der Waals surface area contributed by atoms with Crippen LogP contribution in [0.1, 0.15) is 26.3 Å². The van der Waals surface area contributed by atoms with E-state index < -0.39 is 0 Å². The Morgan fingerprint density at radius 3 is 2.41 bits per heavy atom. The van der Waals surface area contributed by atoms with Gasteiger partial charge in [0.15, 0.2) is 0 Å². The summed E-state index contributed by atoms with van der Waals surface area (Å²) < 4.78 is 5.43. The van der Waals surface area contributed by atoms with Gasteiger partial charge in [-0.05, 0) is 35.2 Å². The first-order chi connectivity index (χ1) is 12.9. The zero-order valence-corrected chi connectivity index (χ0v) is 17.1. The summed E-state index contributed by atoms with van der Waals surface area (Å²) in [6.07, 6.45) is 0. The van der Waals surface area contributed by atoms with Gasteiger partial charge < -0.3 is 15.0 Å². The van der Waals surface area contributed by atoms with Crippen molar-refractivity contribution in [3.05, 3.63) is 54.1 Å². The van der Waals surface area contributed by atoms with E-state index in [0.717, 1.165) is 42.6 Å². The number of para-hydroxylation sites is 2. The summed E-state index contributed by atoms with van der Waals surface area (Å²) in [6, 6.07) is 16.5. The molecule has 27 heavy (non-hydrogen) atoms. The van der Waals surface area contributed by atoms with E-state index >= 15 is 0 Å². The number of hydrogen-bond donors (Lipinski definition) is 1. The second-order valence-corrected chi connectivity index (χ2v) is 8.78. The molecular formula is C22H28N2O2S. The van der Waals surface area contributed by atoms with Crippen molar-refractivity contribution in [2.45, 2.75) is 31.1 Å². The number of anilines is 2. The molecule has 1 heterocycles. The Morgan fingerprint density at radius 2 is 1.74 bits per heavy atom. The van der Waals surface area contributed by atoms with Crippen molar-refractivity contribution in [1.82, 2.24) is 0 Å². The maximum atomic E-state index is 12.5. The molecule has 0 unspecified atom stereocenters. The van der Waals surface area contributed by atoms with Gasteiger partial charge in [-0.25, -0.2) is 0 Å². The zero-order chi connectivity index (χ0) is 19.3. The third-order valence-corrected chi connectivity index (χ3v) is 5.63. The van der Waals surface area contributed by atoms with Crippen LogP contribution in [-0.2, 0) is 14.9 Å². The Bertz CT molecular complexity index is 763. The molecule has 4 nitrogen and oxygen atoms in total. The molecular weight excluding hydrogens is 356 g/mol. The van der Waals surface area contributed by atoms with Crippen LogP contribution in [0.15, 0.2) is 53.4 Å². The number of thioether (sulfide) groups is 1. The number of morpholine rings is 1. The van der Waals surface area contributed by atoms with E-state index in [1.807, 2.05) is 18.2 Å². The summed E-state index contributed by atoms with van der Waals surface area (Å²) in [7, 11) is 0. The average Bonchev–Trinajstić information content (AvgIpc) is 2.67. The second kappa shape index (κ2) is 8.81. The largest absolute Gasteiger partial charge is 0.378 e. The van der Waals surface area contributed by atoms with Gasteiger partial charge in [0.05, 0.1) is 30.3 Å². The fourth-order valence-electron chi connectivity index (χ4n) is 3.05. The number of nitrogens with zero attached hydrogens (tertiary/aromatic N) is 1. The predicted molar refractivity (Wildman–Crippen MR) is 114 cm³/mol. The molecule has 0 saturated carbocycles. The van der Waals surface area contributed by atoms with Crippen molar-refractivity contribution in [1.29, 1.82) is 0 Å². The number of ether oxygens (including phenoxy) is 1. The fraction of sp³-hybridized carbons (Fsp3) is 0.409. The number of hydrogen-bond acceptors (Lipinski definition) is 4. The maximum absolute atomic E-state index is 12.5. The molecule has 3 rings (SSSR count). The monoisotopic (exact) mass is 384 g/mol. The number of carbonyl (C=O) groups is 1. The first-order valence-corrected chi connectivity index (χ1v) is 10.4. The summed E-state index contributed by atoms with van der Waals surface area (Å²) >= 11 is 1.56. The average molecular weight is 385 g/mol. The van der Waals surface area contributed by atoms with E-state index in [-0.39, 0.29) is 11.3 Å². The lowest BCUT2D eigenvalue weighted by Crippen LogP contribution is -2.36. The van der Waals surface area contributed by atoms with Gasteiger partial charge in [0.1, 0.15) is 0 Å². The molecule has 0 aromatic heterocycles. The minimum Gasteiger partial charge on any atom is -0.378 e. The van der Waals surface area contributed by atoms with Gasteiger partial charge in [0.2, 0.25) is 5.91 Å². The lowest BCUT2D eigenvalue weighted by atomic mass is 9.87. The minimum atomic E-state index is 0.0145. The smallest absolute Gasteiger partial charge is 0.234 e. The molecule has 5 heteroatoms. The molecule has 0 atom stereocenters. The highest BCUT2D eigenvalue weighted by Gasteiger charge is 2.16. The molecule has 1 amide bonds. The van der Waals surface area contributed by atoms with Crippen LogP contribution in [0.5, 0.6) is 0 Å². The first-order valence-electron chi connectivity index (χ1n) is 9.38. The van der Waals surface area contributed by atoms with E-state index in [0.29, 0.717) is 5.75 Å². The van der Waals surface area contributed by atoms with Crippen LogP contribution >= 0.6 is 11.8 Å². The van der Waals surface area contributed by atoms with Crippen LogP contribution < -0.4 is 10.2 Å². The Labute approximate surface area is 166 Å². The highest BCUT2D eigenvalue weighted by Crippen LogP contribution is 2.28. The number of amides is 1. The number of rotatable bonds is 5. The fourth-order valence-corrected chi connectivity index (χ4v) is 3.74. The van der Waals surface area contributed by atoms with Crippen molar-refractivity contribution in [2.75, 3.05) is 42.3 Å². The van der Waals surface area contributed by atoms with Crippen molar-refractivity contribution >= 4 is 29.0 Å². The number of carbonyl (C=O) groups excluding carboxylic acids is 1. The number of nitrogens with one attached hydrogen (secondary N) is 1. The molecule has 1 aliphatic rings. The summed E-state index contributed by atoms with van der Waals surface area (Å²) in [5.74, 6) is 0.410. The van der Waals surface area contributed by atoms with E-state index in [9.17, 15) is 4.79 Å².